The summed E-state index contributed by atoms with van der Waals surface area (Å²) in [6.07, 6.45) is -35.8. The number of carbonyl (C=O) groups excluding carboxylic acids is 2. The van der Waals surface area contributed by atoms with Crippen LogP contribution in [0.1, 0.15) is 13.8 Å². The van der Waals surface area contributed by atoms with Gasteiger partial charge < -0.3 is 119 Å². The third-order valence-corrected chi connectivity index (χ3v) is 10.5. The summed E-state index contributed by atoms with van der Waals surface area (Å²) in [5.74, 6) is -6.41. The lowest BCUT2D eigenvalue weighted by molar-refractivity contribution is -0.348. The van der Waals surface area contributed by atoms with Crippen molar-refractivity contribution in [1.82, 2.24) is 10.6 Å². The van der Waals surface area contributed by atoms with Crippen molar-refractivity contribution < 1.29 is 127 Å². The molecule has 20 atom stereocenters. The quantitative estimate of drug-likeness (QED) is 0.0398. The molecule has 4 aliphatic rings. The molecule has 28 nitrogen and oxygen atoms in total. The Kier molecular flexibility index (Phi) is 19.2. The largest absolute Gasteiger partial charge is 0.479 e. The number of carboxylic acids is 2. The minimum Gasteiger partial charge on any atom is -0.479 e. The van der Waals surface area contributed by atoms with Gasteiger partial charge in [-0.05, 0) is 13.8 Å². The van der Waals surface area contributed by atoms with Crippen molar-refractivity contribution in [2.45, 2.75) is 142 Å². The number of ether oxygens (including phenoxy) is 12. The van der Waals surface area contributed by atoms with Crippen molar-refractivity contribution in [1.29, 1.82) is 0 Å². The number of amides is 2. The van der Waals surface area contributed by atoms with Gasteiger partial charge in [-0.2, -0.15) is 0 Å². The van der Waals surface area contributed by atoms with E-state index in [1.807, 2.05) is 0 Å². The first kappa shape index (κ1) is 52.7. The van der Waals surface area contributed by atoms with Crippen molar-refractivity contribution in [3.63, 3.8) is 0 Å². The van der Waals surface area contributed by atoms with Crippen molar-refractivity contribution >= 4 is 23.8 Å². The number of methoxy groups -OCH3 is 4. The molecule has 2 amide bonds. The van der Waals surface area contributed by atoms with Gasteiger partial charge in [0.15, 0.2) is 55.4 Å². The summed E-state index contributed by atoms with van der Waals surface area (Å²) in [4.78, 5) is 50.2. The van der Waals surface area contributed by atoms with Gasteiger partial charge in [0, 0.05) is 41.5 Å². The molecular weight excluding hydrogens is 864 g/mol. The number of rotatable bonds is 20. The molecular formula is C35H58N2O26. The summed E-state index contributed by atoms with van der Waals surface area (Å²) in [6.45, 7) is 2.17. The van der Waals surface area contributed by atoms with Crippen LogP contribution in [0.15, 0.2) is 0 Å². The van der Waals surface area contributed by atoms with Crippen LogP contribution in [-0.2, 0) is 76.0 Å². The Bertz CT molecular complexity index is 1510. The Labute approximate surface area is 358 Å². The van der Waals surface area contributed by atoms with Crippen LogP contribution < -0.4 is 10.6 Å². The number of carboxylic acid groups (broad SMARTS) is 2. The van der Waals surface area contributed by atoms with Crippen LogP contribution in [0.4, 0.5) is 0 Å². The number of hydrogen-bond acceptors (Lipinski definition) is 24. The fraction of sp³-hybridized carbons (Fsp3) is 0.886. The van der Waals surface area contributed by atoms with E-state index in [1.165, 1.54) is 13.8 Å². The first-order chi connectivity index (χ1) is 29.6. The molecule has 0 bridgehead atoms. The number of aliphatic hydroxyl groups excluding tert-OH is 8. The monoisotopic (exact) mass is 922 g/mol. The molecule has 28 heteroatoms. The summed E-state index contributed by atoms with van der Waals surface area (Å²) in [7, 11) is 4.42. The predicted molar refractivity (Wildman–Crippen MR) is 195 cm³/mol. The first-order valence-corrected chi connectivity index (χ1v) is 19.4. The van der Waals surface area contributed by atoms with Gasteiger partial charge >= 0.3 is 11.9 Å². The molecule has 0 spiro atoms. The van der Waals surface area contributed by atoms with Crippen LogP contribution in [0, 0.1) is 0 Å². The number of aliphatic carboxylic acids is 2. The second kappa shape index (κ2) is 23.0. The van der Waals surface area contributed by atoms with E-state index < -0.39 is 152 Å². The minimum absolute atomic E-state index is 0.198. The Morgan fingerprint density at radius 3 is 1.16 bits per heavy atom. The van der Waals surface area contributed by atoms with Crippen LogP contribution >= 0.6 is 0 Å². The molecule has 364 valence electrons. The predicted octanol–water partition coefficient (Wildman–Crippen LogP) is -7.96. The molecule has 0 saturated carbocycles. The first-order valence-electron chi connectivity index (χ1n) is 19.4. The van der Waals surface area contributed by atoms with Gasteiger partial charge in [0.1, 0.15) is 73.2 Å². The minimum atomic E-state index is -1.95. The third kappa shape index (κ3) is 12.3. The molecule has 63 heavy (non-hydrogen) atoms. The summed E-state index contributed by atoms with van der Waals surface area (Å²) in [5, 5.41) is 109. The highest BCUT2D eigenvalue weighted by molar-refractivity contribution is 5.82. The lowest BCUT2D eigenvalue weighted by Crippen LogP contribution is -2.66. The van der Waals surface area contributed by atoms with Crippen molar-refractivity contribution in [2.75, 3.05) is 54.7 Å². The van der Waals surface area contributed by atoms with Gasteiger partial charge in [-0.1, -0.05) is 0 Å². The Morgan fingerprint density at radius 1 is 0.460 bits per heavy atom. The van der Waals surface area contributed by atoms with Crippen molar-refractivity contribution in [3.8, 4) is 0 Å². The van der Waals surface area contributed by atoms with Crippen LogP contribution in [0.3, 0.4) is 0 Å². The molecule has 4 aliphatic heterocycles. The SMILES string of the molecule is COC1OC(C(=O)O)C(OC2OC(C(=O)NCCOC(C)(C)OCCNC(=O)C3OC(OC)C(O)C(O)C3OC3OC(C(=O)O)C(OC)C(O)C3O)C(OC)C(O)C2O)C(O)C1O. The second-order valence-electron chi connectivity index (χ2n) is 15.1. The van der Waals surface area contributed by atoms with Crippen LogP contribution in [0.2, 0.25) is 0 Å². The lowest BCUT2D eigenvalue weighted by atomic mass is 9.96. The summed E-state index contributed by atoms with van der Waals surface area (Å²) in [5.41, 5.74) is 0. The smallest absolute Gasteiger partial charge is 0.335 e. The van der Waals surface area contributed by atoms with Crippen LogP contribution in [0.5, 0.6) is 0 Å². The van der Waals surface area contributed by atoms with Gasteiger partial charge in [0.25, 0.3) is 11.8 Å². The maximum Gasteiger partial charge on any atom is 0.335 e. The van der Waals surface area contributed by atoms with E-state index in [-0.39, 0.29) is 26.3 Å². The molecule has 20 unspecified atom stereocenters. The van der Waals surface area contributed by atoms with E-state index in [9.17, 15) is 70.2 Å². The van der Waals surface area contributed by atoms with Gasteiger partial charge in [-0.15, -0.1) is 0 Å². The van der Waals surface area contributed by atoms with E-state index in [0.29, 0.717) is 0 Å². The second-order valence-corrected chi connectivity index (χ2v) is 15.1. The molecule has 4 rings (SSSR count). The van der Waals surface area contributed by atoms with Gasteiger partial charge in [0.2, 0.25) is 0 Å². The standard InChI is InChI=1S/C35H58N2O26/c1-35(2,56-9-7-36-27(46)23-19(52-3)11(38)17(44)33(61-23)59-22-14(41)16(43)32(55-6)62-26(22)30(50)51)57-10-8-37-28(47)24-21(13(40)15(42)31(54-5)60-24)58-34-18(45)12(39)20(53-4)25(63-34)29(48)49/h11-26,31-34,38-45H,7-10H2,1-6H3,(H,36,46)(H,37,47)(H,48,49)(H,50,51). The van der Waals surface area contributed by atoms with E-state index in [1.54, 1.807) is 0 Å². The van der Waals surface area contributed by atoms with Gasteiger partial charge in [-0.3, -0.25) is 9.59 Å². The summed E-state index contributed by atoms with van der Waals surface area (Å²) >= 11 is 0. The maximum absolute atomic E-state index is 13.3. The molecule has 0 aromatic rings. The number of hydrogen-bond donors (Lipinski definition) is 12. The number of carbonyl (C=O) groups is 4. The Balaban J connectivity index is 1.28. The average molecular weight is 923 g/mol. The topological polar surface area (TPSA) is 405 Å². The molecule has 4 heterocycles. The highest BCUT2D eigenvalue weighted by atomic mass is 16.8. The third-order valence-electron chi connectivity index (χ3n) is 10.5. The number of aliphatic hydroxyl groups is 8. The zero-order valence-electron chi connectivity index (χ0n) is 34.9. The molecule has 0 radical (unpaired) electrons. The van der Waals surface area contributed by atoms with Crippen molar-refractivity contribution in [2.24, 2.45) is 0 Å². The molecule has 0 aromatic heterocycles. The highest BCUT2D eigenvalue weighted by Gasteiger charge is 2.56. The maximum atomic E-state index is 13.3. The van der Waals surface area contributed by atoms with E-state index in [4.69, 9.17) is 56.8 Å². The molecule has 0 aromatic carbocycles. The molecule has 12 N–H and O–H groups in total. The van der Waals surface area contributed by atoms with E-state index >= 15 is 0 Å². The normalized spacial score (nSPS) is 41.1. The lowest BCUT2D eigenvalue weighted by Gasteiger charge is -2.45. The summed E-state index contributed by atoms with van der Waals surface area (Å²) < 4.78 is 64.0. The Morgan fingerprint density at radius 2 is 0.762 bits per heavy atom. The van der Waals surface area contributed by atoms with Gasteiger partial charge in [-0.25, -0.2) is 9.59 Å². The van der Waals surface area contributed by atoms with E-state index in [2.05, 4.69) is 10.6 Å². The van der Waals surface area contributed by atoms with Gasteiger partial charge in [0.05, 0.1) is 13.2 Å². The Hall–Kier alpha value is -2.92. The fourth-order valence-electron chi connectivity index (χ4n) is 7.11. The average Bonchev–Trinajstić information content (AvgIpc) is 3.24. The molecule has 4 fully saturated rings. The molecule has 4 saturated heterocycles. The zero-order valence-corrected chi connectivity index (χ0v) is 34.9. The zero-order chi connectivity index (χ0) is 47.1. The van der Waals surface area contributed by atoms with Crippen LogP contribution in [0.25, 0.3) is 0 Å². The number of nitrogens with one attached hydrogen (secondary N) is 2. The van der Waals surface area contributed by atoms with E-state index in [0.717, 1.165) is 28.4 Å². The highest BCUT2D eigenvalue weighted by Crippen LogP contribution is 2.32. The fourth-order valence-corrected chi connectivity index (χ4v) is 7.11. The summed E-state index contributed by atoms with van der Waals surface area (Å²) in [6, 6.07) is 0. The van der Waals surface area contributed by atoms with Crippen molar-refractivity contribution in [3.05, 3.63) is 0 Å². The molecule has 0 aliphatic carbocycles. The van der Waals surface area contributed by atoms with Crippen LogP contribution in [-0.4, -0.2) is 258 Å².